The van der Waals surface area contributed by atoms with E-state index < -0.39 is 0 Å². The molecular weight excluding hydrogens is 172 g/mol. The average molecular weight is 192 g/mol. The minimum Gasteiger partial charge on any atom is -0.384 e. The number of methoxy groups -OCH3 is 1. The number of rotatable bonds is 6. The van der Waals surface area contributed by atoms with Crippen LogP contribution in [-0.2, 0) is 17.6 Å². The molecule has 0 bridgehead atoms. The summed E-state index contributed by atoms with van der Waals surface area (Å²) in [7, 11) is 1.76. The fraction of sp³-hybridized carbons (Fsp3) is 0.538. The van der Waals surface area contributed by atoms with Gasteiger partial charge >= 0.3 is 0 Å². The minimum absolute atomic E-state index is 0.823. The van der Waals surface area contributed by atoms with Crippen LogP contribution in [0.3, 0.4) is 0 Å². The van der Waals surface area contributed by atoms with Crippen molar-refractivity contribution in [2.75, 3.05) is 13.7 Å². The van der Waals surface area contributed by atoms with E-state index in [4.69, 9.17) is 4.74 Å². The molecule has 1 heteroatoms. The highest BCUT2D eigenvalue weighted by atomic mass is 16.5. The van der Waals surface area contributed by atoms with E-state index in [1.807, 2.05) is 0 Å². The summed E-state index contributed by atoms with van der Waals surface area (Å²) in [6, 6.07) is 8.69. The van der Waals surface area contributed by atoms with Crippen molar-refractivity contribution >= 4 is 0 Å². The van der Waals surface area contributed by atoms with E-state index in [1.165, 1.54) is 30.4 Å². The van der Waals surface area contributed by atoms with Gasteiger partial charge in [0.05, 0.1) is 6.61 Å². The van der Waals surface area contributed by atoms with Crippen LogP contribution in [0.1, 0.15) is 30.9 Å². The topological polar surface area (TPSA) is 9.23 Å². The molecule has 0 saturated heterocycles. The molecule has 0 saturated carbocycles. The molecule has 0 heterocycles. The third-order valence-electron chi connectivity index (χ3n) is 2.49. The summed E-state index contributed by atoms with van der Waals surface area (Å²) in [5.74, 6) is 0. The van der Waals surface area contributed by atoms with Crippen molar-refractivity contribution < 1.29 is 4.74 Å². The molecule has 1 aromatic rings. The first-order chi connectivity index (χ1) is 6.88. The van der Waals surface area contributed by atoms with Crippen LogP contribution < -0.4 is 0 Å². The molecule has 0 atom stereocenters. The van der Waals surface area contributed by atoms with Crippen LogP contribution in [0.5, 0.6) is 0 Å². The lowest BCUT2D eigenvalue weighted by Crippen LogP contribution is -1.99. The van der Waals surface area contributed by atoms with Gasteiger partial charge < -0.3 is 4.74 Å². The largest absolute Gasteiger partial charge is 0.384 e. The van der Waals surface area contributed by atoms with Gasteiger partial charge in [0.2, 0.25) is 0 Å². The van der Waals surface area contributed by atoms with Gasteiger partial charge in [0.15, 0.2) is 0 Å². The molecule has 0 radical (unpaired) electrons. The zero-order valence-electron chi connectivity index (χ0n) is 9.25. The Balaban J connectivity index is 2.60. The first kappa shape index (κ1) is 11.3. The highest BCUT2D eigenvalue weighted by molar-refractivity contribution is 5.27. The van der Waals surface area contributed by atoms with E-state index in [1.54, 1.807) is 7.11 Å². The maximum absolute atomic E-state index is 5.11. The first-order valence-electron chi connectivity index (χ1n) is 5.44. The maximum Gasteiger partial charge on any atom is 0.0502 e. The van der Waals surface area contributed by atoms with E-state index in [0.29, 0.717) is 0 Å². The van der Waals surface area contributed by atoms with E-state index in [9.17, 15) is 0 Å². The summed E-state index contributed by atoms with van der Waals surface area (Å²) < 4.78 is 5.11. The molecule has 0 fully saturated rings. The Kier molecular flexibility index (Phi) is 5.31. The van der Waals surface area contributed by atoms with Crippen molar-refractivity contribution in [2.45, 2.75) is 32.6 Å². The molecule has 1 nitrogen and oxygen atoms in total. The van der Waals surface area contributed by atoms with Gasteiger partial charge in [0.25, 0.3) is 0 Å². The Morgan fingerprint density at radius 3 is 2.29 bits per heavy atom. The van der Waals surface area contributed by atoms with Crippen LogP contribution in [0.4, 0.5) is 0 Å². The predicted octanol–water partition coefficient (Wildman–Crippen LogP) is 3.22. The van der Waals surface area contributed by atoms with Gasteiger partial charge in [-0.25, -0.2) is 0 Å². The van der Waals surface area contributed by atoms with Crippen LogP contribution in [-0.4, -0.2) is 13.7 Å². The molecule has 0 aliphatic rings. The second-order valence-corrected chi connectivity index (χ2v) is 3.62. The Labute approximate surface area is 87.1 Å². The summed E-state index contributed by atoms with van der Waals surface area (Å²) >= 11 is 0. The molecular formula is C13H20O. The van der Waals surface area contributed by atoms with Gasteiger partial charge in [0.1, 0.15) is 0 Å². The summed E-state index contributed by atoms with van der Waals surface area (Å²) in [6.45, 7) is 3.06. The van der Waals surface area contributed by atoms with Gasteiger partial charge in [0, 0.05) is 7.11 Å². The number of ether oxygens (including phenoxy) is 1. The predicted molar refractivity (Wildman–Crippen MR) is 60.6 cm³/mol. The molecule has 0 amide bonds. The van der Waals surface area contributed by atoms with Crippen LogP contribution in [0.15, 0.2) is 24.3 Å². The molecule has 0 aliphatic heterocycles. The highest BCUT2D eigenvalue weighted by Crippen LogP contribution is 2.12. The van der Waals surface area contributed by atoms with Crippen molar-refractivity contribution in [2.24, 2.45) is 0 Å². The number of benzene rings is 1. The number of hydrogen-bond acceptors (Lipinski definition) is 1. The van der Waals surface area contributed by atoms with Gasteiger partial charge in [-0.15, -0.1) is 0 Å². The smallest absolute Gasteiger partial charge is 0.0502 e. The fourth-order valence-corrected chi connectivity index (χ4v) is 1.62. The molecule has 78 valence electrons. The third kappa shape index (κ3) is 3.51. The molecule has 1 aromatic carbocycles. The molecule has 0 aliphatic carbocycles. The van der Waals surface area contributed by atoms with E-state index in [-0.39, 0.29) is 0 Å². The second-order valence-electron chi connectivity index (χ2n) is 3.62. The number of hydrogen-bond donors (Lipinski definition) is 0. The van der Waals surface area contributed by atoms with Crippen molar-refractivity contribution in [3.05, 3.63) is 35.4 Å². The van der Waals surface area contributed by atoms with Crippen LogP contribution >= 0.6 is 0 Å². The third-order valence-corrected chi connectivity index (χ3v) is 2.49. The van der Waals surface area contributed by atoms with Gasteiger partial charge in [-0.05, 0) is 30.4 Å². The molecule has 0 unspecified atom stereocenters. The van der Waals surface area contributed by atoms with Crippen molar-refractivity contribution in [3.63, 3.8) is 0 Å². The second kappa shape index (κ2) is 6.61. The lowest BCUT2D eigenvalue weighted by Gasteiger charge is -2.08. The van der Waals surface area contributed by atoms with Gasteiger partial charge in [-0.1, -0.05) is 37.6 Å². The number of aryl methyl sites for hydroxylation is 1. The molecule has 0 aromatic heterocycles. The first-order valence-corrected chi connectivity index (χ1v) is 5.44. The SMILES string of the molecule is CCCCc1ccccc1CCOC. The molecule has 0 spiro atoms. The van der Waals surface area contributed by atoms with Crippen LogP contribution in [0.2, 0.25) is 0 Å². The highest BCUT2D eigenvalue weighted by Gasteiger charge is 2.00. The van der Waals surface area contributed by atoms with Crippen molar-refractivity contribution in [1.29, 1.82) is 0 Å². The van der Waals surface area contributed by atoms with E-state index in [0.717, 1.165) is 13.0 Å². The number of unbranched alkanes of at least 4 members (excludes halogenated alkanes) is 1. The van der Waals surface area contributed by atoms with Crippen LogP contribution in [0, 0.1) is 0 Å². The zero-order valence-corrected chi connectivity index (χ0v) is 9.25. The lowest BCUT2D eigenvalue weighted by atomic mass is 10.0. The quantitative estimate of drug-likeness (QED) is 0.672. The molecule has 0 N–H and O–H groups in total. The minimum atomic E-state index is 0.823. The molecule has 14 heavy (non-hydrogen) atoms. The molecule has 1 rings (SSSR count). The summed E-state index contributed by atoms with van der Waals surface area (Å²) in [4.78, 5) is 0. The van der Waals surface area contributed by atoms with Crippen molar-refractivity contribution in [1.82, 2.24) is 0 Å². The van der Waals surface area contributed by atoms with E-state index >= 15 is 0 Å². The Morgan fingerprint density at radius 2 is 1.71 bits per heavy atom. The normalized spacial score (nSPS) is 10.4. The Hall–Kier alpha value is -0.820. The monoisotopic (exact) mass is 192 g/mol. The van der Waals surface area contributed by atoms with Gasteiger partial charge in [-0.2, -0.15) is 0 Å². The van der Waals surface area contributed by atoms with Crippen LogP contribution in [0.25, 0.3) is 0 Å². The Morgan fingerprint density at radius 1 is 1.07 bits per heavy atom. The maximum atomic E-state index is 5.11. The zero-order chi connectivity index (χ0) is 10.2. The lowest BCUT2D eigenvalue weighted by molar-refractivity contribution is 0.202. The standard InChI is InChI=1S/C13H20O/c1-3-4-7-12-8-5-6-9-13(12)10-11-14-2/h5-6,8-9H,3-4,7,10-11H2,1-2H3. The van der Waals surface area contributed by atoms with E-state index in [2.05, 4.69) is 31.2 Å². The van der Waals surface area contributed by atoms with Crippen molar-refractivity contribution in [3.8, 4) is 0 Å². The Bertz CT molecular complexity index is 228. The average Bonchev–Trinajstić information content (AvgIpc) is 2.24. The summed E-state index contributed by atoms with van der Waals surface area (Å²) in [5.41, 5.74) is 2.94. The summed E-state index contributed by atoms with van der Waals surface area (Å²) in [6.07, 6.45) is 4.79. The summed E-state index contributed by atoms with van der Waals surface area (Å²) in [5, 5.41) is 0. The van der Waals surface area contributed by atoms with Gasteiger partial charge in [-0.3, -0.25) is 0 Å². The fourth-order valence-electron chi connectivity index (χ4n) is 1.62.